The second-order valence-corrected chi connectivity index (χ2v) is 5.42. The van der Waals surface area contributed by atoms with Gasteiger partial charge in [0.2, 0.25) is 5.91 Å². The number of piperidine rings is 1. The average Bonchev–Trinajstić information content (AvgIpc) is 2.93. The first-order valence-electron chi connectivity index (χ1n) is 7.40. The smallest absolute Gasteiger partial charge is 0.251 e. The molecule has 19 heavy (non-hydrogen) atoms. The van der Waals surface area contributed by atoms with Gasteiger partial charge in [-0.3, -0.25) is 9.59 Å². The second-order valence-electron chi connectivity index (χ2n) is 5.42. The van der Waals surface area contributed by atoms with Gasteiger partial charge in [0.1, 0.15) is 6.10 Å². The highest BCUT2D eigenvalue weighted by Crippen LogP contribution is 2.18. The van der Waals surface area contributed by atoms with Crippen LogP contribution in [0, 0.1) is 0 Å². The van der Waals surface area contributed by atoms with Crippen molar-refractivity contribution in [2.24, 2.45) is 0 Å². The molecule has 0 saturated carbocycles. The summed E-state index contributed by atoms with van der Waals surface area (Å²) in [6, 6.07) is 0.229. The largest absolute Gasteiger partial charge is 0.368 e. The molecule has 0 spiro atoms. The zero-order valence-corrected chi connectivity index (χ0v) is 11.7. The molecule has 2 saturated heterocycles. The lowest BCUT2D eigenvalue weighted by molar-refractivity contribution is -0.142. The lowest BCUT2D eigenvalue weighted by Crippen LogP contribution is -2.49. The van der Waals surface area contributed by atoms with Crippen molar-refractivity contribution in [3.05, 3.63) is 0 Å². The van der Waals surface area contributed by atoms with Gasteiger partial charge in [0, 0.05) is 32.2 Å². The minimum atomic E-state index is -0.216. The molecule has 2 fully saturated rings. The van der Waals surface area contributed by atoms with Gasteiger partial charge in [-0.1, -0.05) is 6.92 Å². The zero-order chi connectivity index (χ0) is 13.7. The van der Waals surface area contributed by atoms with Crippen LogP contribution in [-0.4, -0.2) is 48.6 Å². The van der Waals surface area contributed by atoms with Crippen LogP contribution in [0.15, 0.2) is 0 Å². The third kappa shape index (κ3) is 3.93. The van der Waals surface area contributed by atoms with E-state index in [0.29, 0.717) is 13.0 Å². The minimum absolute atomic E-state index is 0.131. The first kappa shape index (κ1) is 14.3. The topological polar surface area (TPSA) is 58.6 Å². The Balaban J connectivity index is 1.72. The van der Waals surface area contributed by atoms with E-state index in [1.54, 1.807) is 0 Å². The van der Waals surface area contributed by atoms with E-state index in [4.69, 9.17) is 4.74 Å². The van der Waals surface area contributed by atoms with Crippen LogP contribution < -0.4 is 5.32 Å². The molecule has 0 aliphatic carbocycles. The fourth-order valence-corrected chi connectivity index (χ4v) is 2.75. The predicted molar refractivity (Wildman–Crippen MR) is 71.6 cm³/mol. The standard InChI is InChI=1S/C14H24N2O3/c1-2-4-13(17)15-11-6-8-16(9-7-11)14(18)12-5-3-10-19-12/h11-12H,2-10H2,1H3,(H,15,17). The molecule has 0 aromatic heterocycles. The van der Waals surface area contributed by atoms with Gasteiger partial charge >= 0.3 is 0 Å². The Bertz CT molecular complexity index is 319. The number of nitrogens with one attached hydrogen (secondary N) is 1. The molecule has 0 radical (unpaired) electrons. The first-order chi connectivity index (χ1) is 9.20. The highest BCUT2D eigenvalue weighted by molar-refractivity contribution is 5.81. The Morgan fingerprint density at radius 3 is 2.58 bits per heavy atom. The molecule has 1 atom stereocenters. The Morgan fingerprint density at radius 2 is 2.00 bits per heavy atom. The average molecular weight is 268 g/mol. The van der Waals surface area contributed by atoms with Crippen molar-refractivity contribution in [1.29, 1.82) is 0 Å². The fourth-order valence-electron chi connectivity index (χ4n) is 2.75. The first-order valence-corrected chi connectivity index (χ1v) is 7.40. The fraction of sp³-hybridized carbons (Fsp3) is 0.857. The van der Waals surface area contributed by atoms with Gasteiger partial charge < -0.3 is 15.0 Å². The highest BCUT2D eigenvalue weighted by atomic mass is 16.5. The number of carbonyl (C=O) groups excluding carboxylic acids is 2. The summed E-state index contributed by atoms with van der Waals surface area (Å²) in [5.74, 6) is 0.266. The molecular weight excluding hydrogens is 244 g/mol. The van der Waals surface area contributed by atoms with Gasteiger partial charge in [-0.05, 0) is 32.1 Å². The summed E-state index contributed by atoms with van der Waals surface area (Å²) in [6.07, 6.45) is 4.80. The van der Waals surface area contributed by atoms with Gasteiger partial charge in [0.05, 0.1) is 0 Å². The van der Waals surface area contributed by atoms with Crippen molar-refractivity contribution in [3.8, 4) is 0 Å². The normalized spacial score (nSPS) is 24.5. The Morgan fingerprint density at radius 1 is 1.26 bits per heavy atom. The number of nitrogens with zero attached hydrogens (tertiary/aromatic N) is 1. The summed E-state index contributed by atoms with van der Waals surface area (Å²) in [7, 11) is 0. The van der Waals surface area contributed by atoms with E-state index in [0.717, 1.165) is 45.2 Å². The van der Waals surface area contributed by atoms with Gasteiger partial charge in [0.25, 0.3) is 5.91 Å². The van der Waals surface area contributed by atoms with E-state index in [1.807, 2.05) is 11.8 Å². The Hall–Kier alpha value is -1.10. The van der Waals surface area contributed by atoms with E-state index >= 15 is 0 Å². The SMILES string of the molecule is CCCC(=O)NC1CCN(C(=O)C2CCCO2)CC1. The van der Waals surface area contributed by atoms with Crippen molar-refractivity contribution in [2.75, 3.05) is 19.7 Å². The molecule has 108 valence electrons. The van der Waals surface area contributed by atoms with Crippen molar-refractivity contribution in [3.63, 3.8) is 0 Å². The predicted octanol–water partition coefficient (Wildman–Crippen LogP) is 1.07. The molecule has 2 amide bonds. The van der Waals surface area contributed by atoms with Crippen molar-refractivity contribution < 1.29 is 14.3 Å². The number of likely N-dealkylation sites (tertiary alicyclic amines) is 1. The van der Waals surface area contributed by atoms with E-state index < -0.39 is 0 Å². The number of rotatable bonds is 4. The van der Waals surface area contributed by atoms with Crippen LogP contribution in [0.2, 0.25) is 0 Å². The molecule has 1 unspecified atom stereocenters. The molecule has 0 aromatic rings. The van der Waals surface area contributed by atoms with Crippen LogP contribution in [0.3, 0.4) is 0 Å². The maximum absolute atomic E-state index is 12.1. The van der Waals surface area contributed by atoms with Gasteiger partial charge in [-0.15, -0.1) is 0 Å². The minimum Gasteiger partial charge on any atom is -0.368 e. The lowest BCUT2D eigenvalue weighted by Gasteiger charge is -2.33. The Kier molecular flexibility index (Phi) is 5.19. The summed E-state index contributed by atoms with van der Waals surface area (Å²) in [4.78, 5) is 25.6. The second kappa shape index (κ2) is 6.89. The van der Waals surface area contributed by atoms with E-state index in [1.165, 1.54) is 0 Å². The molecule has 0 bridgehead atoms. The van der Waals surface area contributed by atoms with Crippen LogP contribution in [0.25, 0.3) is 0 Å². The maximum atomic E-state index is 12.1. The van der Waals surface area contributed by atoms with Crippen LogP contribution in [0.1, 0.15) is 45.4 Å². The Labute approximate surface area is 114 Å². The summed E-state index contributed by atoms with van der Waals surface area (Å²) in [5, 5.41) is 3.04. The summed E-state index contributed by atoms with van der Waals surface area (Å²) in [6.45, 7) is 4.17. The monoisotopic (exact) mass is 268 g/mol. The van der Waals surface area contributed by atoms with Crippen LogP contribution in [0.4, 0.5) is 0 Å². The number of carbonyl (C=O) groups is 2. The van der Waals surface area contributed by atoms with Gasteiger partial charge in [-0.2, -0.15) is 0 Å². The van der Waals surface area contributed by atoms with Crippen LogP contribution in [-0.2, 0) is 14.3 Å². The quantitative estimate of drug-likeness (QED) is 0.830. The number of amides is 2. The summed E-state index contributed by atoms with van der Waals surface area (Å²) in [5.41, 5.74) is 0. The lowest BCUT2D eigenvalue weighted by atomic mass is 10.0. The van der Waals surface area contributed by atoms with E-state index in [9.17, 15) is 9.59 Å². The molecule has 2 aliphatic rings. The molecule has 1 N–H and O–H groups in total. The highest BCUT2D eigenvalue weighted by Gasteiger charge is 2.31. The molecular formula is C14H24N2O3. The number of ether oxygens (including phenoxy) is 1. The molecule has 0 aromatic carbocycles. The number of hydrogen-bond donors (Lipinski definition) is 1. The third-order valence-corrected chi connectivity index (χ3v) is 3.85. The molecule has 2 aliphatic heterocycles. The third-order valence-electron chi connectivity index (χ3n) is 3.85. The summed E-state index contributed by atoms with van der Waals surface area (Å²) >= 11 is 0. The van der Waals surface area contributed by atoms with E-state index in [-0.39, 0.29) is 24.0 Å². The van der Waals surface area contributed by atoms with Crippen LogP contribution in [0.5, 0.6) is 0 Å². The molecule has 2 rings (SSSR count). The van der Waals surface area contributed by atoms with Crippen LogP contribution >= 0.6 is 0 Å². The van der Waals surface area contributed by atoms with Gasteiger partial charge in [0.15, 0.2) is 0 Å². The van der Waals surface area contributed by atoms with Crippen molar-refractivity contribution >= 4 is 11.8 Å². The van der Waals surface area contributed by atoms with Crippen molar-refractivity contribution in [2.45, 2.75) is 57.6 Å². The molecule has 5 heteroatoms. The molecule has 5 nitrogen and oxygen atoms in total. The zero-order valence-electron chi connectivity index (χ0n) is 11.7. The molecule has 2 heterocycles. The maximum Gasteiger partial charge on any atom is 0.251 e. The number of hydrogen-bond acceptors (Lipinski definition) is 3. The summed E-state index contributed by atoms with van der Waals surface area (Å²) < 4.78 is 5.43. The van der Waals surface area contributed by atoms with Crippen molar-refractivity contribution in [1.82, 2.24) is 10.2 Å². The van der Waals surface area contributed by atoms with Gasteiger partial charge in [-0.25, -0.2) is 0 Å². The van der Waals surface area contributed by atoms with E-state index in [2.05, 4.69) is 5.32 Å².